The molecule has 0 radical (unpaired) electrons. The molecule has 2 aromatic rings. The van der Waals surface area contributed by atoms with E-state index in [4.69, 9.17) is 16.3 Å². The quantitative estimate of drug-likeness (QED) is 0.569. The minimum Gasteiger partial charge on any atom is -0.452 e. The summed E-state index contributed by atoms with van der Waals surface area (Å²) >= 11 is 6.36. The number of nitrogens with zero attached hydrogens (tertiary/aromatic N) is 2. The van der Waals surface area contributed by atoms with Crippen molar-refractivity contribution < 1.29 is 19.1 Å². The van der Waals surface area contributed by atoms with Crippen LogP contribution in [0.15, 0.2) is 36.4 Å². The minimum atomic E-state index is -0.748. The summed E-state index contributed by atoms with van der Waals surface area (Å²) in [6.45, 7) is 4.69. The second-order valence-corrected chi connectivity index (χ2v) is 6.51. The first-order valence-corrected chi connectivity index (χ1v) is 8.91. The van der Waals surface area contributed by atoms with Gasteiger partial charge in [0.1, 0.15) is 5.15 Å². The molecule has 0 aliphatic rings. The number of carbonyl (C=O) groups excluding carboxylic acids is 3. The third kappa shape index (κ3) is 5.95. The Morgan fingerprint density at radius 1 is 1.25 bits per heavy atom. The molecule has 0 unspecified atom stereocenters. The molecule has 0 bridgehead atoms. The number of ether oxygens (including phenoxy) is 1. The maximum absolute atomic E-state index is 11.8. The molecule has 9 heteroatoms. The lowest BCUT2D eigenvalue weighted by molar-refractivity contribution is -0.143. The van der Waals surface area contributed by atoms with Crippen LogP contribution >= 0.6 is 11.6 Å². The van der Waals surface area contributed by atoms with Gasteiger partial charge in [-0.05, 0) is 39.0 Å². The number of urea groups is 1. The summed E-state index contributed by atoms with van der Waals surface area (Å²) in [5.74, 6) is -1.48. The molecule has 0 aliphatic heterocycles. The molecule has 1 heterocycles. The number of carbonyl (C=O) groups is 3. The Kier molecular flexibility index (Phi) is 7.34. The molecule has 0 spiro atoms. The molecule has 1 aromatic carbocycles. The average Bonchev–Trinajstić information content (AvgIpc) is 2.92. The van der Waals surface area contributed by atoms with Gasteiger partial charge in [-0.1, -0.05) is 29.8 Å². The van der Waals surface area contributed by atoms with Crippen molar-refractivity contribution in [3.63, 3.8) is 0 Å². The lowest BCUT2D eigenvalue weighted by atomic mass is 10.2. The van der Waals surface area contributed by atoms with E-state index in [0.717, 1.165) is 11.8 Å². The molecule has 28 heavy (non-hydrogen) atoms. The van der Waals surface area contributed by atoms with Crippen LogP contribution < -0.4 is 10.6 Å². The number of para-hydroxylation sites is 1. The molecule has 0 aliphatic carbocycles. The van der Waals surface area contributed by atoms with E-state index in [1.807, 2.05) is 30.3 Å². The van der Waals surface area contributed by atoms with E-state index < -0.39 is 24.5 Å². The van der Waals surface area contributed by atoms with E-state index >= 15 is 0 Å². The molecular formula is C19H21ClN4O4. The maximum Gasteiger partial charge on any atom is 0.331 e. The van der Waals surface area contributed by atoms with Crippen molar-refractivity contribution in [3.8, 4) is 5.69 Å². The highest BCUT2D eigenvalue weighted by atomic mass is 35.5. The van der Waals surface area contributed by atoms with Crippen LogP contribution in [-0.4, -0.2) is 40.3 Å². The van der Waals surface area contributed by atoms with E-state index in [2.05, 4.69) is 15.7 Å². The van der Waals surface area contributed by atoms with Gasteiger partial charge in [-0.15, -0.1) is 0 Å². The number of amides is 3. The molecule has 0 fully saturated rings. The molecule has 0 atom stereocenters. The molecule has 2 N–H and O–H groups in total. The highest BCUT2D eigenvalue weighted by Gasteiger charge is 2.14. The second kappa shape index (κ2) is 9.70. The number of hydrogen-bond acceptors (Lipinski definition) is 5. The van der Waals surface area contributed by atoms with Crippen molar-refractivity contribution in [1.82, 2.24) is 20.4 Å². The van der Waals surface area contributed by atoms with Crippen molar-refractivity contribution in [2.75, 3.05) is 6.61 Å². The largest absolute Gasteiger partial charge is 0.452 e. The van der Waals surface area contributed by atoms with Gasteiger partial charge in [0.25, 0.3) is 5.91 Å². The first-order chi connectivity index (χ1) is 13.3. The maximum atomic E-state index is 11.8. The van der Waals surface area contributed by atoms with Crippen molar-refractivity contribution in [3.05, 3.63) is 52.8 Å². The van der Waals surface area contributed by atoms with Crippen molar-refractivity contribution in [2.24, 2.45) is 0 Å². The van der Waals surface area contributed by atoms with E-state index in [0.29, 0.717) is 16.4 Å². The number of aromatic nitrogens is 2. The zero-order valence-electron chi connectivity index (χ0n) is 15.7. The number of halogens is 1. The Bertz CT molecular complexity index is 891. The average molecular weight is 405 g/mol. The van der Waals surface area contributed by atoms with Crippen LogP contribution in [0.1, 0.15) is 25.1 Å². The van der Waals surface area contributed by atoms with E-state index in [9.17, 15) is 14.4 Å². The number of aryl methyl sites for hydroxylation is 1. The molecular weight excluding hydrogens is 384 g/mol. The third-order valence-electron chi connectivity index (χ3n) is 3.45. The summed E-state index contributed by atoms with van der Waals surface area (Å²) in [7, 11) is 0. The molecule has 8 nitrogen and oxygen atoms in total. The summed E-state index contributed by atoms with van der Waals surface area (Å²) in [6, 6.07) is 8.55. The van der Waals surface area contributed by atoms with Gasteiger partial charge < -0.3 is 10.1 Å². The zero-order chi connectivity index (χ0) is 20.7. The molecule has 148 valence electrons. The van der Waals surface area contributed by atoms with Crippen LogP contribution in [-0.2, 0) is 14.3 Å². The topological polar surface area (TPSA) is 102 Å². The van der Waals surface area contributed by atoms with Gasteiger partial charge in [-0.3, -0.25) is 10.1 Å². The number of rotatable bonds is 6. The van der Waals surface area contributed by atoms with Gasteiger partial charge in [0.15, 0.2) is 6.61 Å². The highest BCUT2D eigenvalue weighted by molar-refractivity contribution is 6.31. The van der Waals surface area contributed by atoms with Crippen LogP contribution in [0.3, 0.4) is 0 Å². The summed E-state index contributed by atoms with van der Waals surface area (Å²) in [5.41, 5.74) is 1.97. The first-order valence-electron chi connectivity index (χ1n) is 8.53. The zero-order valence-corrected chi connectivity index (χ0v) is 16.5. The predicted molar refractivity (Wildman–Crippen MR) is 105 cm³/mol. The number of nitrogens with one attached hydrogen (secondary N) is 2. The van der Waals surface area contributed by atoms with Crippen LogP contribution in [0.4, 0.5) is 4.79 Å². The Hall–Kier alpha value is -3.13. The van der Waals surface area contributed by atoms with Gasteiger partial charge in [0.2, 0.25) is 0 Å². The minimum absolute atomic E-state index is 0.122. The first kappa shape index (κ1) is 21.2. The summed E-state index contributed by atoms with van der Waals surface area (Å²) in [5, 5.41) is 9.25. The molecule has 0 saturated carbocycles. The lowest BCUT2D eigenvalue weighted by Gasteiger charge is -2.08. The van der Waals surface area contributed by atoms with Gasteiger partial charge in [0, 0.05) is 17.7 Å². The molecule has 0 saturated heterocycles. The third-order valence-corrected chi connectivity index (χ3v) is 3.82. The van der Waals surface area contributed by atoms with Gasteiger partial charge in [-0.25, -0.2) is 14.3 Å². The second-order valence-electron chi connectivity index (χ2n) is 6.15. The monoisotopic (exact) mass is 404 g/mol. The van der Waals surface area contributed by atoms with Gasteiger partial charge >= 0.3 is 12.0 Å². The smallest absolute Gasteiger partial charge is 0.331 e. The van der Waals surface area contributed by atoms with Crippen LogP contribution in [0, 0.1) is 6.92 Å². The fourth-order valence-electron chi connectivity index (χ4n) is 2.24. The predicted octanol–water partition coefficient (Wildman–Crippen LogP) is 2.62. The van der Waals surface area contributed by atoms with Crippen molar-refractivity contribution in [2.45, 2.75) is 26.8 Å². The Balaban J connectivity index is 1.95. The van der Waals surface area contributed by atoms with E-state index in [-0.39, 0.29) is 6.04 Å². The summed E-state index contributed by atoms with van der Waals surface area (Å²) in [4.78, 5) is 34.8. The Morgan fingerprint density at radius 3 is 2.57 bits per heavy atom. The normalized spacial score (nSPS) is 10.9. The number of hydrogen-bond donors (Lipinski definition) is 2. The lowest BCUT2D eigenvalue weighted by Crippen LogP contribution is -2.43. The number of imide groups is 1. The van der Waals surface area contributed by atoms with E-state index in [1.54, 1.807) is 25.5 Å². The van der Waals surface area contributed by atoms with Crippen molar-refractivity contribution in [1.29, 1.82) is 0 Å². The Labute approximate surface area is 167 Å². The fraction of sp³-hybridized carbons (Fsp3) is 0.263. The number of esters is 1. The fourth-order valence-corrected chi connectivity index (χ4v) is 2.57. The van der Waals surface area contributed by atoms with Gasteiger partial charge in [0.05, 0.1) is 11.4 Å². The number of benzene rings is 1. The molecule has 1 aromatic heterocycles. The summed E-state index contributed by atoms with van der Waals surface area (Å²) < 4.78 is 6.37. The standard InChI is InChI=1S/C19H21ClN4O4/c1-12(2)21-19(27)22-16(25)11-28-17(26)10-9-15-13(3)23-24(18(15)20)14-7-5-4-6-8-14/h4-10,12H,11H2,1-3H3,(H2,21,22,25,27)/b10-9+. The van der Waals surface area contributed by atoms with Crippen LogP contribution in [0.2, 0.25) is 5.15 Å². The molecule has 3 amide bonds. The Morgan fingerprint density at radius 2 is 1.93 bits per heavy atom. The summed E-state index contributed by atoms with van der Waals surface area (Å²) in [6.07, 6.45) is 2.61. The SMILES string of the molecule is Cc1nn(-c2ccccc2)c(Cl)c1/C=C/C(=O)OCC(=O)NC(=O)NC(C)C. The van der Waals surface area contributed by atoms with Crippen molar-refractivity contribution >= 4 is 35.6 Å². The van der Waals surface area contributed by atoms with Crippen LogP contribution in [0.25, 0.3) is 11.8 Å². The van der Waals surface area contributed by atoms with E-state index in [1.165, 1.54) is 6.08 Å². The molecule has 2 rings (SSSR count). The van der Waals surface area contributed by atoms with Gasteiger partial charge in [-0.2, -0.15) is 5.10 Å². The highest BCUT2D eigenvalue weighted by Crippen LogP contribution is 2.24. The van der Waals surface area contributed by atoms with Crippen LogP contribution in [0.5, 0.6) is 0 Å².